The van der Waals surface area contributed by atoms with E-state index in [0.29, 0.717) is 12.6 Å². The first-order chi connectivity index (χ1) is 12.1. The molecule has 2 aliphatic rings. The Labute approximate surface area is 152 Å². The number of carbonyl (C=O) groups is 1. The number of nitrogens with zero attached hydrogens (tertiary/aromatic N) is 2. The molecule has 0 spiro atoms. The Hall–Kier alpha value is -1.88. The van der Waals surface area contributed by atoms with Crippen molar-refractivity contribution in [2.75, 3.05) is 7.05 Å². The Morgan fingerprint density at radius 2 is 1.88 bits per heavy atom. The fraction of sp³-hybridized carbons (Fsp3) is 0.500. The highest BCUT2D eigenvalue weighted by atomic mass is 32.1. The Bertz CT molecular complexity index is 735. The largest absolute Gasteiger partial charge is 0.487 e. The van der Waals surface area contributed by atoms with E-state index in [-0.39, 0.29) is 5.91 Å². The van der Waals surface area contributed by atoms with Crippen molar-refractivity contribution in [2.24, 2.45) is 11.8 Å². The quantitative estimate of drug-likeness (QED) is 0.743. The normalized spacial score (nSPS) is 16.9. The van der Waals surface area contributed by atoms with Gasteiger partial charge in [0.15, 0.2) is 0 Å². The second kappa shape index (κ2) is 6.79. The molecule has 4 rings (SSSR count). The lowest BCUT2D eigenvalue weighted by Gasteiger charge is -2.28. The number of benzene rings is 1. The Kier molecular flexibility index (Phi) is 4.50. The van der Waals surface area contributed by atoms with Crippen LogP contribution in [0, 0.1) is 18.8 Å². The molecule has 0 radical (unpaired) electrons. The zero-order valence-corrected chi connectivity index (χ0v) is 15.6. The van der Waals surface area contributed by atoms with Crippen LogP contribution in [-0.4, -0.2) is 28.9 Å². The third-order valence-corrected chi connectivity index (χ3v) is 5.95. The van der Waals surface area contributed by atoms with E-state index >= 15 is 0 Å². The van der Waals surface area contributed by atoms with Crippen LogP contribution < -0.4 is 4.74 Å². The Balaban J connectivity index is 1.38. The molecule has 2 fully saturated rings. The van der Waals surface area contributed by atoms with E-state index in [1.807, 2.05) is 48.5 Å². The summed E-state index contributed by atoms with van der Waals surface area (Å²) in [4.78, 5) is 19.2. The van der Waals surface area contributed by atoms with Gasteiger partial charge in [-0.05, 0) is 68.7 Å². The van der Waals surface area contributed by atoms with E-state index in [1.165, 1.54) is 25.7 Å². The zero-order chi connectivity index (χ0) is 17.4. The molecule has 0 unspecified atom stereocenters. The van der Waals surface area contributed by atoms with Gasteiger partial charge in [-0.3, -0.25) is 4.79 Å². The van der Waals surface area contributed by atoms with Crippen LogP contribution in [0.15, 0.2) is 29.6 Å². The summed E-state index contributed by atoms with van der Waals surface area (Å²) in [7, 11) is 1.97. The van der Waals surface area contributed by atoms with E-state index in [1.54, 1.807) is 11.3 Å². The molecule has 0 N–H and O–H groups in total. The van der Waals surface area contributed by atoms with E-state index in [2.05, 4.69) is 4.98 Å². The van der Waals surface area contributed by atoms with Crippen molar-refractivity contribution in [1.29, 1.82) is 0 Å². The van der Waals surface area contributed by atoms with E-state index in [4.69, 9.17) is 4.74 Å². The molecular weight excluding hydrogens is 332 g/mol. The van der Waals surface area contributed by atoms with Gasteiger partial charge in [0.1, 0.15) is 12.4 Å². The maximum Gasteiger partial charge on any atom is 0.253 e. The minimum absolute atomic E-state index is 0.130. The maximum atomic E-state index is 12.8. The number of ether oxygens (including phenoxy) is 1. The second-order valence-corrected chi connectivity index (χ2v) is 8.31. The molecule has 132 valence electrons. The predicted octanol–water partition coefficient (Wildman–Crippen LogP) is 4.29. The molecule has 2 aromatic rings. The van der Waals surface area contributed by atoms with Crippen molar-refractivity contribution in [1.82, 2.24) is 9.88 Å². The summed E-state index contributed by atoms with van der Waals surface area (Å²) < 4.78 is 5.76. The molecule has 2 saturated carbocycles. The van der Waals surface area contributed by atoms with E-state index < -0.39 is 0 Å². The molecule has 1 heterocycles. The minimum Gasteiger partial charge on any atom is -0.487 e. The van der Waals surface area contributed by atoms with Crippen molar-refractivity contribution >= 4 is 17.2 Å². The molecule has 1 aromatic carbocycles. The number of hydrogen-bond donors (Lipinski definition) is 0. The molecular formula is C20H24N2O2S. The average Bonchev–Trinajstić information content (AvgIpc) is 3.55. The lowest BCUT2D eigenvalue weighted by Crippen LogP contribution is -2.40. The molecule has 1 aromatic heterocycles. The first-order valence-corrected chi connectivity index (χ1v) is 9.91. The summed E-state index contributed by atoms with van der Waals surface area (Å²) in [6.07, 6.45) is 5.12. The van der Waals surface area contributed by atoms with Crippen molar-refractivity contribution in [3.8, 4) is 5.75 Å². The summed E-state index contributed by atoms with van der Waals surface area (Å²) in [5.41, 5.74) is 1.68. The van der Waals surface area contributed by atoms with Crippen LogP contribution in [0.5, 0.6) is 5.75 Å². The van der Waals surface area contributed by atoms with Crippen LogP contribution >= 0.6 is 11.3 Å². The van der Waals surface area contributed by atoms with Gasteiger partial charge in [0.2, 0.25) is 0 Å². The Morgan fingerprint density at radius 1 is 1.24 bits per heavy atom. The molecule has 2 aliphatic carbocycles. The van der Waals surface area contributed by atoms with Gasteiger partial charge >= 0.3 is 0 Å². The van der Waals surface area contributed by atoms with E-state index in [9.17, 15) is 4.79 Å². The number of hydrogen-bond acceptors (Lipinski definition) is 4. The summed E-state index contributed by atoms with van der Waals surface area (Å²) >= 11 is 1.63. The third kappa shape index (κ3) is 3.87. The maximum absolute atomic E-state index is 12.8. The molecule has 4 nitrogen and oxygen atoms in total. The van der Waals surface area contributed by atoms with Crippen LogP contribution in [0.1, 0.15) is 46.7 Å². The van der Waals surface area contributed by atoms with Crippen LogP contribution in [0.4, 0.5) is 0 Å². The highest BCUT2D eigenvalue weighted by Gasteiger charge is 2.44. The van der Waals surface area contributed by atoms with Gasteiger partial charge in [0, 0.05) is 24.0 Å². The number of carbonyl (C=O) groups excluding carboxylic acids is 1. The highest BCUT2D eigenvalue weighted by Crippen LogP contribution is 2.47. The highest BCUT2D eigenvalue weighted by molar-refractivity contribution is 7.09. The van der Waals surface area contributed by atoms with Crippen LogP contribution in [0.2, 0.25) is 0 Å². The zero-order valence-electron chi connectivity index (χ0n) is 14.8. The number of aryl methyl sites for hydroxylation is 1. The van der Waals surface area contributed by atoms with Crippen LogP contribution in [-0.2, 0) is 6.61 Å². The molecule has 1 amide bonds. The summed E-state index contributed by atoms with van der Waals surface area (Å²) in [6.45, 7) is 2.45. The molecule has 0 atom stereocenters. The molecule has 25 heavy (non-hydrogen) atoms. The number of amides is 1. The van der Waals surface area contributed by atoms with Gasteiger partial charge in [0.25, 0.3) is 5.91 Å². The van der Waals surface area contributed by atoms with Crippen molar-refractivity contribution in [3.63, 3.8) is 0 Å². The standard InChI is InChI=1S/C20H24N2O2S/c1-13-21-17(12-25-13)11-24-18-9-7-16(8-10-18)20(23)22(2)19(14-3-4-14)15-5-6-15/h7-10,12,14-15,19H,3-6,11H2,1-2H3. The summed E-state index contributed by atoms with van der Waals surface area (Å²) in [5.74, 6) is 2.35. The van der Waals surface area contributed by atoms with E-state index in [0.717, 1.165) is 33.9 Å². The molecule has 0 saturated heterocycles. The van der Waals surface area contributed by atoms with Gasteiger partial charge in [-0.25, -0.2) is 4.98 Å². The van der Waals surface area contributed by atoms with Crippen molar-refractivity contribution in [2.45, 2.75) is 45.3 Å². The first kappa shape index (κ1) is 16.6. The van der Waals surface area contributed by atoms with Crippen LogP contribution in [0.3, 0.4) is 0 Å². The van der Waals surface area contributed by atoms with Gasteiger partial charge < -0.3 is 9.64 Å². The van der Waals surface area contributed by atoms with Gasteiger partial charge in [-0.1, -0.05) is 0 Å². The third-order valence-electron chi connectivity index (χ3n) is 5.13. The number of aromatic nitrogens is 1. The number of thiazole rings is 1. The fourth-order valence-corrected chi connectivity index (χ4v) is 4.15. The smallest absolute Gasteiger partial charge is 0.253 e. The van der Waals surface area contributed by atoms with Crippen LogP contribution in [0.25, 0.3) is 0 Å². The fourth-order valence-electron chi connectivity index (χ4n) is 3.56. The monoisotopic (exact) mass is 356 g/mol. The number of rotatable bonds is 7. The molecule has 0 bridgehead atoms. The van der Waals surface area contributed by atoms with Gasteiger partial charge in [-0.15, -0.1) is 11.3 Å². The second-order valence-electron chi connectivity index (χ2n) is 7.25. The SMILES string of the molecule is Cc1nc(COc2ccc(C(=O)N(C)C(C3CC3)C3CC3)cc2)cs1. The van der Waals surface area contributed by atoms with Crippen molar-refractivity contribution < 1.29 is 9.53 Å². The topological polar surface area (TPSA) is 42.4 Å². The molecule has 0 aliphatic heterocycles. The van der Waals surface area contributed by atoms with Gasteiger partial charge in [0.05, 0.1) is 10.7 Å². The first-order valence-electron chi connectivity index (χ1n) is 9.03. The average molecular weight is 356 g/mol. The molecule has 5 heteroatoms. The van der Waals surface area contributed by atoms with Crippen molar-refractivity contribution in [3.05, 3.63) is 45.9 Å². The summed E-state index contributed by atoms with van der Waals surface area (Å²) in [6, 6.07) is 7.94. The Morgan fingerprint density at radius 3 is 2.40 bits per heavy atom. The lowest BCUT2D eigenvalue weighted by molar-refractivity contribution is 0.0690. The minimum atomic E-state index is 0.130. The van der Waals surface area contributed by atoms with Gasteiger partial charge in [-0.2, -0.15) is 0 Å². The lowest BCUT2D eigenvalue weighted by atomic mass is 10.0. The summed E-state index contributed by atoms with van der Waals surface area (Å²) in [5, 5.41) is 3.06. The predicted molar refractivity (Wildman–Crippen MR) is 99.0 cm³/mol.